The van der Waals surface area contributed by atoms with Crippen molar-refractivity contribution in [2.24, 2.45) is 5.10 Å². The highest BCUT2D eigenvalue weighted by atomic mass is 32.2. The van der Waals surface area contributed by atoms with Crippen LogP contribution in [0.4, 0.5) is 5.69 Å². The number of nitrogens with zero attached hydrogens (tertiary/aromatic N) is 2. The minimum Gasteiger partial charge on any atom is -0.495 e. The monoisotopic (exact) mass is 589 g/mol. The maximum atomic E-state index is 13.7. The summed E-state index contributed by atoms with van der Waals surface area (Å²) in [4.78, 5) is 24.9. The van der Waals surface area contributed by atoms with Crippen LogP contribution in [0.1, 0.15) is 34.2 Å². The zero-order chi connectivity index (χ0) is 30.3. The first kappa shape index (κ1) is 30.1. The molecule has 218 valence electrons. The van der Waals surface area contributed by atoms with E-state index in [2.05, 4.69) is 10.5 Å². The van der Waals surface area contributed by atoms with Gasteiger partial charge in [0.2, 0.25) is 0 Å². The van der Waals surface area contributed by atoms with E-state index in [-0.39, 0.29) is 10.6 Å². The number of hydrogen-bond acceptors (Lipinski definition) is 8. The standard InChI is InChI=1S/C31H31N3O7S/c1-5-40-31(36)24-11-9-23(10-12-24)28-17-13-25(41-28)19-32-33-30(35)20-34(27-18-22(3)8-16-29(27)39-4)42(37,38)26-14-6-21(2)7-15-26/h6-19H,5,20H2,1-4H3,(H,33,35)/b32-19-. The lowest BCUT2D eigenvalue weighted by atomic mass is 10.1. The Morgan fingerprint density at radius 2 is 1.64 bits per heavy atom. The lowest BCUT2D eigenvalue weighted by molar-refractivity contribution is -0.119. The molecule has 0 aliphatic carbocycles. The maximum absolute atomic E-state index is 13.7. The van der Waals surface area contributed by atoms with Crippen LogP contribution in [0.25, 0.3) is 11.3 Å². The molecule has 0 fully saturated rings. The van der Waals surface area contributed by atoms with Crippen LogP contribution in [-0.2, 0) is 19.6 Å². The summed E-state index contributed by atoms with van der Waals surface area (Å²) in [5.41, 5.74) is 5.44. The number of rotatable bonds is 11. The molecule has 1 aromatic heterocycles. The Labute approximate surface area is 244 Å². The molecule has 11 heteroatoms. The number of hydrazone groups is 1. The fourth-order valence-electron chi connectivity index (χ4n) is 4.03. The highest BCUT2D eigenvalue weighted by Gasteiger charge is 2.29. The maximum Gasteiger partial charge on any atom is 0.338 e. The van der Waals surface area contributed by atoms with Gasteiger partial charge in [0.25, 0.3) is 15.9 Å². The van der Waals surface area contributed by atoms with Gasteiger partial charge in [0.05, 0.1) is 36.1 Å². The molecule has 0 unspecified atom stereocenters. The first-order valence-corrected chi connectivity index (χ1v) is 14.5. The molecule has 1 N–H and O–H groups in total. The second kappa shape index (κ2) is 13.2. The molecule has 1 heterocycles. The molecule has 4 rings (SSSR count). The molecule has 0 aliphatic heterocycles. The van der Waals surface area contributed by atoms with E-state index >= 15 is 0 Å². The summed E-state index contributed by atoms with van der Waals surface area (Å²) >= 11 is 0. The second-order valence-electron chi connectivity index (χ2n) is 9.29. The first-order chi connectivity index (χ1) is 20.1. The van der Waals surface area contributed by atoms with E-state index in [9.17, 15) is 18.0 Å². The Bertz CT molecular complexity index is 1690. The number of esters is 1. The number of anilines is 1. The Morgan fingerprint density at radius 3 is 2.31 bits per heavy atom. The van der Waals surface area contributed by atoms with Crippen LogP contribution in [0.15, 0.2) is 93.3 Å². The van der Waals surface area contributed by atoms with Gasteiger partial charge < -0.3 is 13.9 Å². The van der Waals surface area contributed by atoms with Crippen molar-refractivity contribution in [3.05, 3.63) is 101 Å². The number of carbonyl (C=O) groups excluding carboxylic acids is 2. The van der Waals surface area contributed by atoms with Gasteiger partial charge in [-0.2, -0.15) is 5.10 Å². The number of nitrogens with one attached hydrogen (secondary N) is 1. The lowest BCUT2D eigenvalue weighted by Crippen LogP contribution is -2.39. The zero-order valence-corrected chi connectivity index (χ0v) is 24.5. The predicted molar refractivity (Wildman–Crippen MR) is 159 cm³/mol. The Hall–Kier alpha value is -4.90. The molecule has 10 nitrogen and oxygen atoms in total. The molecule has 0 aliphatic rings. The van der Waals surface area contributed by atoms with Crippen molar-refractivity contribution in [3.8, 4) is 17.1 Å². The van der Waals surface area contributed by atoms with E-state index in [1.807, 2.05) is 13.8 Å². The highest BCUT2D eigenvalue weighted by molar-refractivity contribution is 7.92. The van der Waals surface area contributed by atoms with E-state index in [1.165, 1.54) is 25.5 Å². The third kappa shape index (κ3) is 7.05. The third-order valence-corrected chi connectivity index (χ3v) is 7.96. The summed E-state index contributed by atoms with van der Waals surface area (Å²) in [7, 11) is -2.71. The number of sulfonamides is 1. The molecule has 0 saturated carbocycles. The SMILES string of the molecule is CCOC(=O)c1ccc(-c2ccc(/C=N\NC(=O)CN(c3cc(C)ccc3OC)S(=O)(=O)c3ccc(C)cc3)o2)cc1. The smallest absolute Gasteiger partial charge is 0.338 e. The van der Waals surface area contributed by atoms with Crippen LogP contribution in [0, 0.1) is 13.8 Å². The highest BCUT2D eigenvalue weighted by Crippen LogP contribution is 2.33. The summed E-state index contributed by atoms with van der Waals surface area (Å²) < 4.78 is 44.6. The molecule has 4 aromatic rings. The molecular formula is C31H31N3O7S. The van der Waals surface area contributed by atoms with E-state index < -0.39 is 28.4 Å². The average Bonchev–Trinajstić information content (AvgIpc) is 3.45. The third-order valence-electron chi connectivity index (χ3n) is 6.19. The number of benzene rings is 3. The Balaban J connectivity index is 1.50. The van der Waals surface area contributed by atoms with Crippen LogP contribution in [-0.4, -0.2) is 46.8 Å². The van der Waals surface area contributed by atoms with E-state index in [0.717, 1.165) is 21.0 Å². The summed E-state index contributed by atoms with van der Waals surface area (Å²) in [6.45, 7) is 5.15. The van der Waals surface area contributed by atoms with Gasteiger partial charge in [-0.15, -0.1) is 0 Å². The quantitative estimate of drug-likeness (QED) is 0.147. The number of hydrogen-bond donors (Lipinski definition) is 1. The number of ether oxygens (including phenoxy) is 2. The fourth-order valence-corrected chi connectivity index (χ4v) is 5.45. The van der Waals surface area contributed by atoms with Crippen molar-refractivity contribution in [2.75, 3.05) is 24.6 Å². The molecule has 1 amide bonds. The molecule has 0 saturated heterocycles. The van der Waals surface area contributed by atoms with Crippen molar-refractivity contribution >= 4 is 33.8 Å². The van der Waals surface area contributed by atoms with Crippen LogP contribution in [0.5, 0.6) is 5.75 Å². The van der Waals surface area contributed by atoms with Gasteiger partial charge in [-0.05, 0) is 74.9 Å². The fraction of sp³-hybridized carbons (Fsp3) is 0.194. The number of carbonyl (C=O) groups is 2. The molecular weight excluding hydrogens is 558 g/mol. The van der Waals surface area contributed by atoms with Crippen molar-refractivity contribution in [2.45, 2.75) is 25.7 Å². The summed E-state index contributed by atoms with van der Waals surface area (Å²) in [6, 6.07) is 21.6. The Kier molecular flexibility index (Phi) is 9.43. The molecule has 0 radical (unpaired) electrons. The molecule has 3 aromatic carbocycles. The summed E-state index contributed by atoms with van der Waals surface area (Å²) in [5, 5.41) is 3.95. The minimum atomic E-state index is -4.14. The number of aryl methyl sites for hydroxylation is 2. The number of furan rings is 1. The largest absolute Gasteiger partial charge is 0.495 e. The summed E-state index contributed by atoms with van der Waals surface area (Å²) in [6.07, 6.45) is 1.31. The molecule has 0 bridgehead atoms. The summed E-state index contributed by atoms with van der Waals surface area (Å²) in [5.74, 6) is 0.0975. The van der Waals surface area contributed by atoms with E-state index in [0.29, 0.717) is 29.4 Å². The van der Waals surface area contributed by atoms with Crippen molar-refractivity contribution < 1.29 is 31.9 Å². The van der Waals surface area contributed by atoms with Crippen molar-refractivity contribution in [3.63, 3.8) is 0 Å². The van der Waals surface area contributed by atoms with Crippen LogP contribution >= 0.6 is 0 Å². The van der Waals surface area contributed by atoms with Crippen LogP contribution in [0.2, 0.25) is 0 Å². The lowest BCUT2D eigenvalue weighted by Gasteiger charge is -2.25. The van der Waals surface area contributed by atoms with E-state index in [1.54, 1.807) is 73.7 Å². The number of methoxy groups -OCH3 is 1. The van der Waals surface area contributed by atoms with Crippen LogP contribution < -0.4 is 14.5 Å². The van der Waals surface area contributed by atoms with Gasteiger partial charge in [-0.25, -0.2) is 18.6 Å². The zero-order valence-electron chi connectivity index (χ0n) is 23.7. The first-order valence-electron chi connectivity index (χ1n) is 13.1. The van der Waals surface area contributed by atoms with Gasteiger partial charge in [-0.1, -0.05) is 35.9 Å². The average molecular weight is 590 g/mol. The van der Waals surface area contributed by atoms with Gasteiger partial charge >= 0.3 is 5.97 Å². The van der Waals surface area contributed by atoms with Gasteiger partial charge in [0.1, 0.15) is 23.8 Å². The molecule has 42 heavy (non-hydrogen) atoms. The van der Waals surface area contributed by atoms with Gasteiger partial charge in [0, 0.05) is 5.56 Å². The molecule has 0 atom stereocenters. The van der Waals surface area contributed by atoms with Gasteiger partial charge in [-0.3, -0.25) is 9.10 Å². The van der Waals surface area contributed by atoms with Crippen molar-refractivity contribution in [1.82, 2.24) is 5.43 Å². The van der Waals surface area contributed by atoms with Crippen LogP contribution in [0.3, 0.4) is 0 Å². The second-order valence-corrected chi connectivity index (χ2v) is 11.2. The predicted octanol–water partition coefficient (Wildman–Crippen LogP) is 5.09. The topological polar surface area (TPSA) is 128 Å². The number of amides is 1. The van der Waals surface area contributed by atoms with E-state index in [4.69, 9.17) is 13.9 Å². The van der Waals surface area contributed by atoms with Gasteiger partial charge in [0.15, 0.2) is 0 Å². The minimum absolute atomic E-state index is 0.0337. The molecule has 0 spiro atoms. The Morgan fingerprint density at radius 1 is 0.952 bits per heavy atom. The van der Waals surface area contributed by atoms with Crippen molar-refractivity contribution in [1.29, 1.82) is 0 Å². The normalized spacial score (nSPS) is 11.3.